The first kappa shape index (κ1) is 14.8. The lowest BCUT2D eigenvalue weighted by Crippen LogP contribution is -2.51. The zero-order valence-corrected chi connectivity index (χ0v) is 11.0. The number of carbonyl (C=O) groups is 2. The van der Waals surface area contributed by atoms with Crippen molar-refractivity contribution >= 4 is 12.0 Å². The lowest BCUT2D eigenvalue weighted by molar-refractivity contribution is -0.155. The van der Waals surface area contributed by atoms with Crippen LogP contribution in [0.4, 0.5) is 4.79 Å². The summed E-state index contributed by atoms with van der Waals surface area (Å²) in [5.74, 6) is -1.35. The Kier molecular flexibility index (Phi) is 4.56. The molecule has 0 aromatic heterocycles. The average molecular weight is 258 g/mol. The first-order valence-electron chi connectivity index (χ1n) is 6.29. The fourth-order valence-corrected chi connectivity index (χ4v) is 1.99. The summed E-state index contributed by atoms with van der Waals surface area (Å²) < 4.78 is 0. The number of carboxylic acids is 1. The van der Waals surface area contributed by atoms with Gasteiger partial charge in [-0.05, 0) is 31.6 Å². The predicted molar refractivity (Wildman–Crippen MR) is 66.2 cm³/mol. The normalized spacial score (nSPS) is 20.4. The van der Waals surface area contributed by atoms with Crippen LogP contribution in [0.25, 0.3) is 0 Å². The molecule has 0 radical (unpaired) electrons. The molecule has 0 saturated heterocycles. The Morgan fingerprint density at radius 1 is 1.33 bits per heavy atom. The van der Waals surface area contributed by atoms with E-state index in [0.29, 0.717) is 6.54 Å². The van der Waals surface area contributed by atoms with Crippen molar-refractivity contribution in [2.24, 2.45) is 5.41 Å². The van der Waals surface area contributed by atoms with E-state index in [1.807, 2.05) is 0 Å². The van der Waals surface area contributed by atoms with Crippen LogP contribution in [0.5, 0.6) is 0 Å². The molecular weight excluding hydrogens is 236 g/mol. The minimum absolute atomic E-state index is 0.215. The molecule has 1 atom stereocenters. The SMILES string of the molecule is CCC1(CNC(=O)NCC(C)(O)C(=O)O)CCC1. The van der Waals surface area contributed by atoms with Crippen LogP contribution in [0.3, 0.4) is 0 Å². The fourth-order valence-electron chi connectivity index (χ4n) is 1.99. The van der Waals surface area contributed by atoms with Crippen LogP contribution < -0.4 is 10.6 Å². The van der Waals surface area contributed by atoms with Crippen molar-refractivity contribution in [3.05, 3.63) is 0 Å². The van der Waals surface area contributed by atoms with Crippen LogP contribution in [0, 0.1) is 5.41 Å². The predicted octanol–water partition coefficient (Wildman–Crippen LogP) is 0.701. The molecule has 0 bridgehead atoms. The van der Waals surface area contributed by atoms with Gasteiger partial charge in [0.25, 0.3) is 0 Å². The Morgan fingerprint density at radius 2 is 1.94 bits per heavy atom. The molecule has 2 amide bonds. The quantitative estimate of drug-likeness (QED) is 0.563. The molecule has 6 heteroatoms. The van der Waals surface area contributed by atoms with E-state index < -0.39 is 17.6 Å². The molecule has 0 heterocycles. The summed E-state index contributed by atoms with van der Waals surface area (Å²) in [5.41, 5.74) is -1.72. The lowest BCUT2D eigenvalue weighted by Gasteiger charge is -2.41. The van der Waals surface area contributed by atoms with Crippen molar-refractivity contribution in [2.45, 2.75) is 45.1 Å². The summed E-state index contributed by atoms with van der Waals surface area (Å²) in [6.45, 7) is 3.54. The van der Waals surface area contributed by atoms with E-state index in [1.54, 1.807) is 0 Å². The van der Waals surface area contributed by atoms with Gasteiger partial charge in [0.15, 0.2) is 5.60 Å². The Morgan fingerprint density at radius 3 is 2.33 bits per heavy atom. The summed E-state index contributed by atoms with van der Waals surface area (Å²) in [7, 11) is 0. The van der Waals surface area contributed by atoms with Crippen molar-refractivity contribution in [3.63, 3.8) is 0 Å². The Balaban J connectivity index is 2.28. The van der Waals surface area contributed by atoms with E-state index in [4.69, 9.17) is 5.11 Å². The van der Waals surface area contributed by atoms with Gasteiger partial charge in [-0.15, -0.1) is 0 Å². The standard InChI is InChI=1S/C12H22N2O4/c1-3-12(5-4-6-12)8-14-10(17)13-7-11(2,18)9(15)16/h18H,3-8H2,1-2H3,(H,15,16)(H2,13,14,17). The topological polar surface area (TPSA) is 98.7 Å². The number of aliphatic carboxylic acids is 1. The summed E-state index contributed by atoms with van der Waals surface area (Å²) in [4.78, 5) is 22.1. The first-order chi connectivity index (χ1) is 8.31. The number of urea groups is 1. The smallest absolute Gasteiger partial charge is 0.337 e. The summed E-state index contributed by atoms with van der Waals surface area (Å²) >= 11 is 0. The van der Waals surface area contributed by atoms with Gasteiger partial charge in [-0.25, -0.2) is 9.59 Å². The van der Waals surface area contributed by atoms with Crippen molar-refractivity contribution in [2.75, 3.05) is 13.1 Å². The molecule has 1 unspecified atom stereocenters. The van der Waals surface area contributed by atoms with E-state index in [1.165, 1.54) is 6.42 Å². The molecule has 1 rings (SSSR count). The Labute approximate surface area is 107 Å². The number of amides is 2. The molecular formula is C12H22N2O4. The number of aliphatic hydroxyl groups is 1. The maximum Gasteiger partial charge on any atom is 0.337 e. The fraction of sp³-hybridized carbons (Fsp3) is 0.833. The maximum absolute atomic E-state index is 11.5. The highest BCUT2D eigenvalue weighted by Crippen LogP contribution is 2.42. The second kappa shape index (κ2) is 5.56. The number of hydrogen-bond donors (Lipinski definition) is 4. The van der Waals surface area contributed by atoms with Crippen LogP contribution in [0.2, 0.25) is 0 Å². The number of nitrogens with one attached hydrogen (secondary N) is 2. The molecule has 104 valence electrons. The highest BCUT2D eigenvalue weighted by atomic mass is 16.4. The van der Waals surface area contributed by atoms with Crippen molar-refractivity contribution in [1.82, 2.24) is 10.6 Å². The lowest BCUT2D eigenvalue weighted by atomic mass is 9.67. The van der Waals surface area contributed by atoms with Crippen molar-refractivity contribution in [3.8, 4) is 0 Å². The van der Waals surface area contributed by atoms with Crippen LogP contribution in [0.1, 0.15) is 39.5 Å². The van der Waals surface area contributed by atoms with Gasteiger partial charge in [0.05, 0.1) is 6.54 Å². The van der Waals surface area contributed by atoms with Gasteiger partial charge in [0.2, 0.25) is 0 Å². The van der Waals surface area contributed by atoms with Gasteiger partial charge in [-0.1, -0.05) is 13.3 Å². The number of carbonyl (C=O) groups excluding carboxylic acids is 1. The maximum atomic E-state index is 11.5. The minimum atomic E-state index is -1.93. The summed E-state index contributed by atoms with van der Waals surface area (Å²) in [6.07, 6.45) is 4.47. The molecule has 1 fully saturated rings. The van der Waals surface area contributed by atoms with Gasteiger partial charge >= 0.3 is 12.0 Å². The van der Waals surface area contributed by atoms with Crippen LogP contribution in [-0.2, 0) is 4.79 Å². The molecule has 0 aromatic carbocycles. The number of carboxylic acid groups (broad SMARTS) is 1. The summed E-state index contributed by atoms with van der Waals surface area (Å²) in [6, 6.07) is -0.434. The van der Waals surface area contributed by atoms with E-state index in [0.717, 1.165) is 26.2 Å². The third-order valence-electron chi connectivity index (χ3n) is 3.84. The second-order valence-corrected chi connectivity index (χ2v) is 5.32. The van der Waals surface area contributed by atoms with Gasteiger partial charge in [-0.3, -0.25) is 0 Å². The molecule has 1 aliphatic rings. The average Bonchev–Trinajstić information content (AvgIpc) is 2.25. The Hall–Kier alpha value is -1.30. The molecule has 0 aromatic rings. The van der Waals surface area contributed by atoms with Crippen LogP contribution in [0.15, 0.2) is 0 Å². The highest BCUT2D eigenvalue weighted by molar-refractivity contribution is 5.79. The zero-order chi connectivity index (χ0) is 13.8. The number of hydrogen-bond acceptors (Lipinski definition) is 3. The minimum Gasteiger partial charge on any atom is -0.479 e. The van der Waals surface area contributed by atoms with E-state index in [9.17, 15) is 14.7 Å². The van der Waals surface area contributed by atoms with E-state index in [2.05, 4.69) is 17.6 Å². The Bertz CT molecular complexity index is 319. The highest BCUT2D eigenvalue weighted by Gasteiger charge is 2.35. The second-order valence-electron chi connectivity index (χ2n) is 5.32. The molecule has 0 aliphatic heterocycles. The van der Waals surface area contributed by atoms with Gasteiger partial charge in [-0.2, -0.15) is 0 Å². The molecule has 18 heavy (non-hydrogen) atoms. The van der Waals surface area contributed by atoms with E-state index >= 15 is 0 Å². The molecule has 6 nitrogen and oxygen atoms in total. The third-order valence-corrected chi connectivity index (χ3v) is 3.84. The van der Waals surface area contributed by atoms with Crippen molar-refractivity contribution in [1.29, 1.82) is 0 Å². The van der Waals surface area contributed by atoms with Gasteiger partial charge < -0.3 is 20.8 Å². The molecule has 4 N–H and O–H groups in total. The van der Waals surface area contributed by atoms with Crippen molar-refractivity contribution < 1.29 is 19.8 Å². The third kappa shape index (κ3) is 3.60. The van der Waals surface area contributed by atoms with Gasteiger partial charge in [0.1, 0.15) is 0 Å². The molecule has 1 aliphatic carbocycles. The zero-order valence-electron chi connectivity index (χ0n) is 11.0. The largest absolute Gasteiger partial charge is 0.479 e. The monoisotopic (exact) mass is 258 g/mol. The van der Waals surface area contributed by atoms with E-state index in [-0.39, 0.29) is 12.0 Å². The number of rotatable bonds is 6. The molecule has 0 spiro atoms. The summed E-state index contributed by atoms with van der Waals surface area (Å²) in [5, 5.41) is 23.2. The van der Waals surface area contributed by atoms with Gasteiger partial charge in [0, 0.05) is 6.54 Å². The van der Waals surface area contributed by atoms with Crippen LogP contribution in [-0.4, -0.2) is 40.9 Å². The molecule has 1 saturated carbocycles. The first-order valence-corrected chi connectivity index (χ1v) is 6.29. The van der Waals surface area contributed by atoms with Crippen LogP contribution >= 0.6 is 0 Å².